The molecule has 0 amide bonds. The van der Waals surface area contributed by atoms with Gasteiger partial charge in [0, 0.05) is 10.5 Å². The van der Waals surface area contributed by atoms with Crippen LogP contribution in [0.2, 0.25) is 0 Å². The Balaban J connectivity index is 2.78. The van der Waals surface area contributed by atoms with Crippen LogP contribution >= 0.6 is 15.9 Å². The topological polar surface area (TPSA) is 26.0 Å². The van der Waals surface area contributed by atoms with Crippen LogP contribution in [-0.4, -0.2) is 6.04 Å². The van der Waals surface area contributed by atoms with E-state index in [1.807, 2.05) is 25.1 Å². The van der Waals surface area contributed by atoms with Crippen molar-refractivity contribution in [3.8, 4) is 0 Å². The third-order valence-electron chi connectivity index (χ3n) is 1.50. The van der Waals surface area contributed by atoms with Crippen molar-refractivity contribution in [1.29, 1.82) is 0 Å². The second kappa shape index (κ2) is 3.88. The highest BCUT2D eigenvalue weighted by atomic mass is 79.9. The molecule has 0 aliphatic carbocycles. The van der Waals surface area contributed by atoms with Crippen LogP contribution in [0.25, 0.3) is 0 Å². The molecule has 0 spiro atoms. The van der Waals surface area contributed by atoms with Crippen LogP contribution in [0, 0.1) is 0 Å². The molecule has 1 aromatic carbocycles. The van der Waals surface area contributed by atoms with E-state index in [-0.39, 0.29) is 6.04 Å². The van der Waals surface area contributed by atoms with Crippen LogP contribution < -0.4 is 5.73 Å². The molecule has 0 aliphatic heterocycles. The third-order valence-corrected chi connectivity index (χ3v) is 2.27. The lowest BCUT2D eigenvalue weighted by atomic mass is 10.1. The van der Waals surface area contributed by atoms with E-state index in [9.17, 15) is 0 Å². The van der Waals surface area contributed by atoms with Gasteiger partial charge < -0.3 is 5.73 Å². The molecule has 0 fully saturated rings. The van der Waals surface area contributed by atoms with E-state index in [0.29, 0.717) is 0 Å². The quantitative estimate of drug-likeness (QED) is 0.803. The lowest BCUT2D eigenvalue weighted by Gasteiger charge is -2.06. The molecule has 11 heavy (non-hydrogen) atoms. The van der Waals surface area contributed by atoms with Gasteiger partial charge in [-0.15, -0.1) is 0 Å². The van der Waals surface area contributed by atoms with Crippen molar-refractivity contribution < 1.29 is 0 Å². The van der Waals surface area contributed by atoms with Crippen molar-refractivity contribution >= 4 is 15.9 Å². The zero-order chi connectivity index (χ0) is 8.27. The molecule has 1 nitrogen and oxygen atoms in total. The van der Waals surface area contributed by atoms with Gasteiger partial charge in [-0.05, 0) is 25.0 Å². The predicted octanol–water partition coefficient (Wildman–Crippen LogP) is 2.34. The van der Waals surface area contributed by atoms with E-state index >= 15 is 0 Å². The molecule has 0 saturated carbocycles. The maximum atomic E-state index is 5.67. The summed E-state index contributed by atoms with van der Waals surface area (Å²) in [6, 6.07) is 8.40. The fourth-order valence-corrected chi connectivity index (χ4v) is 1.46. The van der Waals surface area contributed by atoms with Gasteiger partial charge in [0.1, 0.15) is 0 Å². The van der Waals surface area contributed by atoms with Crippen molar-refractivity contribution in [2.24, 2.45) is 5.73 Å². The summed E-state index contributed by atoms with van der Waals surface area (Å²) in [7, 11) is 0. The smallest absolute Gasteiger partial charge is 0.0207 e. The van der Waals surface area contributed by atoms with Crippen LogP contribution in [0.15, 0.2) is 28.7 Å². The highest BCUT2D eigenvalue weighted by Gasteiger charge is 2.00. The molecule has 1 rings (SSSR count). The minimum Gasteiger partial charge on any atom is -0.328 e. The molecular formula is C9H12BrN. The van der Waals surface area contributed by atoms with Crippen molar-refractivity contribution in [2.75, 3.05) is 0 Å². The molecule has 0 heterocycles. The minimum absolute atomic E-state index is 0.230. The van der Waals surface area contributed by atoms with Crippen molar-refractivity contribution in [3.63, 3.8) is 0 Å². The fraction of sp³-hybridized carbons (Fsp3) is 0.333. The molecule has 0 radical (unpaired) electrons. The summed E-state index contributed by atoms with van der Waals surface area (Å²) in [5, 5.41) is 0. The number of rotatable bonds is 2. The monoisotopic (exact) mass is 213 g/mol. The Morgan fingerprint density at radius 3 is 2.64 bits per heavy atom. The van der Waals surface area contributed by atoms with Gasteiger partial charge in [0.15, 0.2) is 0 Å². The molecule has 0 bridgehead atoms. The van der Waals surface area contributed by atoms with E-state index < -0.39 is 0 Å². The average molecular weight is 214 g/mol. The Morgan fingerprint density at radius 2 is 2.09 bits per heavy atom. The first kappa shape index (κ1) is 8.75. The maximum Gasteiger partial charge on any atom is 0.0207 e. The molecule has 2 N–H and O–H groups in total. The molecule has 0 aliphatic rings. The van der Waals surface area contributed by atoms with Crippen molar-refractivity contribution in [3.05, 3.63) is 34.3 Å². The van der Waals surface area contributed by atoms with E-state index in [2.05, 4.69) is 22.0 Å². The van der Waals surface area contributed by atoms with Gasteiger partial charge in [0.25, 0.3) is 0 Å². The number of nitrogens with two attached hydrogens (primary N) is 1. The van der Waals surface area contributed by atoms with Gasteiger partial charge in [0.05, 0.1) is 0 Å². The van der Waals surface area contributed by atoms with Gasteiger partial charge in [-0.1, -0.05) is 34.1 Å². The fourth-order valence-electron chi connectivity index (χ4n) is 1.01. The number of hydrogen-bond donors (Lipinski definition) is 1. The molecule has 0 saturated heterocycles. The van der Waals surface area contributed by atoms with Crippen LogP contribution in [0.3, 0.4) is 0 Å². The lowest BCUT2D eigenvalue weighted by Crippen LogP contribution is -2.17. The van der Waals surface area contributed by atoms with Crippen LogP contribution in [0.5, 0.6) is 0 Å². The van der Waals surface area contributed by atoms with Crippen molar-refractivity contribution in [1.82, 2.24) is 0 Å². The second-order valence-corrected chi connectivity index (χ2v) is 3.63. The Morgan fingerprint density at radius 1 is 1.45 bits per heavy atom. The van der Waals surface area contributed by atoms with Crippen LogP contribution in [0.4, 0.5) is 0 Å². The molecule has 0 aromatic heterocycles. The molecule has 2 heteroatoms. The first-order valence-corrected chi connectivity index (χ1v) is 4.48. The van der Waals surface area contributed by atoms with Gasteiger partial charge in [-0.3, -0.25) is 0 Å². The van der Waals surface area contributed by atoms with Gasteiger partial charge in [0.2, 0.25) is 0 Å². The molecule has 1 atom stereocenters. The Kier molecular flexibility index (Phi) is 3.09. The summed E-state index contributed by atoms with van der Waals surface area (Å²) in [6.07, 6.45) is 0.932. The first-order chi connectivity index (χ1) is 5.20. The second-order valence-electron chi connectivity index (χ2n) is 2.77. The van der Waals surface area contributed by atoms with E-state index in [0.717, 1.165) is 10.9 Å². The standard InChI is InChI=1S/C9H12BrN/c1-7(11)6-8-4-2-3-5-9(8)10/h2-5,7H,6,11H2,1H3/t7-/m1/s1. The van der Waals surface area contributed by atoms with E-state index in [4.69, 9.17) is 5.73 Å². The van der Waals surface area contributed by atoms with Gasteiger partial charge in [-0.2, -0.15) is 0 Å². The molecule has 1 aromatic rings. The molecule has 0 unspecified atom stereocenters. The zero-order valence-electron chi connectivity index (χ0n) is 6.55. The minimum atomic E-state index is 0.230. The SMILES string of the molecule is C[C@@H](N)Cc1ccccc1Br. The Hall–Kier alpha value is -0.340. The summed E-state index contributed by atoms with van der Waals surface area (Å²) in [6.45, 7) is 2.01. The number of benzene rings is 1. The Bertz CT molecular complexity index is 233. The summed E-state index contributed by atoms with van der Waals surface area (Å²) >= 11 is 3.47. The summed E-state index contributed by atoms with van der Waals surface area (Å²) < 4.78 is 1.15. The van der Waals surface area contributed by atoms with Crippen LogP contribution in [-0.2, 0) is 6.42 Å². The number of halogens is 1. The maximum absolute atomic E-state index is 5.67. The summed E-state index contributed by atoms with van der Waals surface area (Å²) in [5.41, 5.74) is 6.95. The van der Waals surface area contributed by atoms with E-state index in [1.54, 1.807) is 0 Å². The molecule has 60 valence electrons. The zero-order valence-corrected chi connectivity index (χ0v) is 8.14. The summed E-state index contributed by atoms with van der Waals surface area (Å²) in [4.78, 5) is 0. The predicted molar refractivity (Wildman–Crippen MR) is 51.5 cm³/mol. The Labute approximate surface area is 75.7 Å². The highest BCUT2D eigenvalue weighted by Crippen LogP contribution is 2.16. The van der Waals surface area contributed by atoms with E-state index in [1.165, 1.54) is 5.56 Å². The van der Waals surface area contributed by atoms with Gasteiger partial charge >= 0.3 is 0 Å². The largest absolute Gasteiger partial charge is 0.328 e. The lowest BCUT2D eigenvalue weighted by molar-refractivity contribution is 0.736. The van der Waals surface area contributed by atoms with Crippen LogP contribution in [0.1, 0.15) is 12.5 Å². The van der Waals surface area contributed by atoms with Crippen molar-refractivity contribution in [2.45, 2.75) is 19.4 Å². The molecular weight excluding hydrogens is 202 g/mol. The highest BCUT2D eigenvalue weighted by molar-refractivity contribution is 9.10. The third kappa shape index (κ3) is 2.64. The number of hydrogen-bond acceptors (Lipinski definition) is 1. The first-order valence-electron chi connectivity index (χ1n) is 3.69. The average Bonchev–Trinajstić information content (AvgIpc) is 1.93. The van der Waals surface area contributed by atoms with Gasteiger partial charge in [-0.25, -0.2) is 0 Å². The summed E-state index contributed by atoms with van der Waals surface area (Å²) in [5.74, 6) is 0. The normalized spacial score (nSPS) is 13.0.